The van der Waals surface area contributed by atoms with Gasteiger partial charge in [-0.3, -0.25) is 9.59 Å². The number of nitrogens with zero attached hydrogens (tertiary/aromatic N) is 1. The lowest BCUT2D eigenvalue weighted by Gasteiger charge is -2.32. The van der Waals surface area contributed by atoms with Gasteiger partial charge in [-0.1, -0.05) is 66.2 Å². The third kappa shape index (κ3) is 5.53. The monoisotopic (exact) mass is 432 g/mol. The summed E-state index contributed by atoms with van der Waals surface area (Å²) in [7, 11) is 0. The van der Waals surface area contributed by atoms with Crippen molar-refractivity contribution in [2.75, 3.05) is 13.1 Å². The van der Waals surface area contributed by atoms with E-state index in [1.807, 2.05) is 59.5 Å². The molecule has 0 radical (unpaired) electrons. The van der Waals surface area contributed by atoms with Crippen molar-refractivity contribution in [1.29, 1.82) is 0 Å². The number of benzene rings is 3. The predicted molar refractivity (Wildman–Crippen MR) is 124 cm³/mol. The molecule has 3 aromatic rings. The molecule has 1 heterocycles. The molecule has 0 saturated carbocycles. The van der Waals surface area contributed by atoms with E-state index in [2.05, 4.69) is 17.4 Å². The number of rotatable bonds is 5. The molecule has 158 valence electrons. The topological polar surface area (TPSA) is 49.4 Å². The Labute approximate surface area is 187 Å². The van der Waals surface area contributed by atoms with Crippen LogP contribution in [0.4, 0.5) is 0 Å². The summed E-state index contributed by atoms with van der Waals surface area (Å²) in [6.45, 7) is 1.29. The minimum Gasteiger partial charge on any atom is -0.353 e. The van der Waals surface area contributed by atoms with E-state index in [1.165, 1.54) is 0 Å². The van der Waals surface area contributed by atoms with E-state index in [-0.39, 0.29) is 17.9 Å². The zero-order valence-electron chi connectivity index (χ0n) is 17.3. The molecule has 5 heteroatoms. The Hall–Kier alpha value is -3.11. The van der Waals surface area contributed by atoms with Crippen LogP contribution >= 0.6 is 11.6 Å². The van der Waals surface area contributed by atoms with Gasteiger partial charge < -0.3 is 10.2 Å². The van der Waals surface area contributed by atoms with E-state index >= 15 is 0 Å². The molecular weight excluding hydrogens is 408 g/mol. The Morgan fingerprint density at radius 1 is 0.839 bits per heavy atom. The van der Waals surface area contributed by atoms with Crippen molar-refractivity contribution in [2.45, 2.75) is 25.3 Å². The van der Waals surface area contributed by atoms with Crippen molar-refractivity contribution in [1.82, 2.24) is 10.2 Å². The summed E-state index contributed by atoms with van der Waals surface area (Å²) in [5, 5.41) is 3.76. The zero-order valence-corrected chi connectivity index (χ0v) is 18.0. The molecule has 1 aliphatic heterocycles. The average Bonchev–Trinajstić information content (AvgIpc) is 2.81. The third-order valence-corrected chi connectivity index (χ3v) is 5.92. The summed E-state index contributed by atoms with van der Waals surface area (Å²) in [5.41, 5.74) is 3.87. The number of hydrogen-bond acceptors (Lipinski definition) is 2. The first-order valence-corrected chi connectivity index (χ1v) is 10.9. The summed E-state index contributed by atoms with van der Waals surface area (Å²) in [4.78, 5) is 27.1. The van der Waals surface area contributed by atoms with E-state index < -0.39 is 0 Å². The lowest BCUT2D eigenvalue weighted by molar-refractivity contribution is -0.121. The Morgan fingerprint density at radius 3 is 2.10 bits per heavy atom. The van der Waals surface area contributed by atoms with Crippen molar-refractivity contribution < 1.29 is 9.59 Å². The maximum Gasteiger partial charge on any atom is 0.253 e. The number of halogens is 1. The van der Waals surface area contributed by atoms with Gasteiger partial charge >= 0.3 is 0 Å². The summed E-state index contributed by atoms with van der Waals surface area (Å²) in [6, 6.07) is 25.3. The minimum atomic E-state index is 0.00333. The smallest absolute Gasteiger partial charge is 0.253 e. The second-order valence-electron chi connectivity index (χ2n) is 7.88. The summed E-state index contributed by atoms with van der Waals surface area (Å²) in [6.07, 6.45) is 1.87. The van der Waals surface area contributed by atoms with Crippen molar-refractivity contribution in [3.05, 3.63) is 95.0 Å². The van der Waals surface area contributed by atoms with E-state index in [9.17, 15) is 9.59 Å². The van der Waals surface area contributed by atoms with Crippen LogP contribution in [0.2, 0.25) is 5.02 Å². The number of carbonyl (C=O) groups excluding carboxylic acids is 2. The number of carbonyl (C=O) groups is 2. The fraction of sp³-hybridized carbons (Fsp3) is 0.231. The molecule has 0 atom stereocenters. The number of nitrogens with one attached hydrogen (secondary N) is 1. The molecule has 1 fully saturated rings. The van der Waals surface area contributed by atoms with Gasteiger partial charge in [0.05, 0.1) is 6.42 Å². The molecule has 0 unspecified atom stereocenters. The van der Waals surface area contributed by atoms with Gasteiger partial charge in [0, 0.05) is 29.7 Å². The van der Waals surface area contributed by atoms with Crippen LogP contribution in [0.25, 0.3) is 11.1 Å². The van der Waals surface area contributed by atoms with Gasteiger partial charge in [0.2, 0.25) is 5.91 Å². The molecule has 2 amide bonds. The molecule has 3 aromatic carbocycles. The van der Waals surface area contributed by atoms with Gasteiger partial charge in [-0.15, -0.1) is 0 Å². The first-order valence-electron chi connectivity index (χ1n) is 10.6. The fourth-order valence-corrected chi connectivity index (χ4v) is 4.04. The second kappa shape index (κ2) is 9.80. The lowest BCUT2D eigenvalue weighted by atomic mass is 10.0. The van der Waals surface area contributed by atoms with Gasteiger partial charge in [0.25, 0.3) is 5.91 Å². The lowest BCUT2D eigenvalue weighted by Crippen LogP contribution is -2.46. The highest BCUT2D eigenvalue weighted by Gasteiger charge is 2.24. The zero-order chi connectivity index (χ0) is 21.6. The largest absolute Gasteiger partial charge is 0.353 e. The van der Waals surface area contributed by atoms with E-state index in [4.69, 9.17) is 11.6 Å². The van der Waals surface area contributed by atoms with Crippen molar-refractivity contribution in [2.24, 2.45) is 0 Å². The van der Waals surface area contributed by atoms with E-state index in [1.54, 1.807) is 12.1 Å². The highest BCUT2D eigenvalue weighted by atomic mass is 35.5. The maximum atomic E-state index is 12.9. The van der Waals surface area contributed by atoms with Gasteiger partial charge in [0.1, 0.15) is 0 Å². The Bertz CT molecular complexity index is 1030. The highest BCUT2D eigenvalue weighted by Crippen LogP contribution is 2.21. The van der Waals surface area contributed by atoms with Crippen LogP contribution in [0.3, 0.4) is 0 Å². The molecule has 0 aromatic heterocycles. The SMILES string of the molecule is O=C(Cc1ccc(Cl)cc1)NC1CCN(C(=O)c2ccc(-c3ccccc3)cc2)CC1. The highest BCUT2D eigenvalue weighted by molar-refractivity contribution is 6.30. The quantitative estimate of drug-likeness (QED) is 0.618. The summed E-state index contributed by atoms with van der Waals surface area (Å²) in [5.74, 6) is 0.0501. The maximum absolute atomic E-state index is 12.9. The van der Waals surface area contributed by atoms with Crippen molar-refractivity contribution in [3.63, 3.8) is 0 Å². The third-order valence-electron chi connectivity index (χ3n) is 5.66. The van der Waals surface area contributed by atoms with Crippen LogP contribution in [0.15, 0.2) is 78.9 Å². The molecule has 1 aliphatic rings. The molecule has 4 rings (SSSR count). The molecule has 0 bridgehead atoms. The van der Waals surface area contributed by atoms with Crippen LogP contribution in [-0.4, -0.2) is 35.8 Å². The van der Waals surface area contributed by atoms with Crippen LogP contribution in [0, 0.1) is 0 Å². The van der Waals surface area contributed by atoms with Crippen molar-refractivity contribution >= 4 is 23.4 Å². The normalized spacial score (nSPS) is 14.3. The molecule has 0 spiro atoms. The number of piperidine rings is 1. The van der Waals surface area contributed by atoms with E-state index in [0.717, 1.165) is 29.5 Å². The van der Waals surface area contributed by atoms with Gasteiger partial charge in [-0.25, -0.2) is 0 Å². The first kappa shape index (κ1) is 21.1. The summed E-state index contributed by atoms with van der Waals surface area (Å²) < 4.78 is 0. The molecule has 31 heavy (non-hydrogen) atoms. The van der Waals surface area contributed by atoms with Gasteiger partial charge in [-0.05, 0) is 53.8 Å². The Kier molecular flexibility index (Phi) is 6.68. The Balaban J connectivity index is 1.27. The number of amides is 2. The van der Waals surface area contributed by atoms with Gasteiger partial charge in [-0.2, -0.15) is 0 Å². The first-order chi connectivity index (χ1) is 15.1. The number of likely N-dealkylation sites (tertiary alicyclic amines) is 1. The van der Waals surface area contributed by atoms with Crippen molar-refractivity contribution in [3.8, 4) is 11.1 Å². The molecule has 0 aliphatic carbocycles. The molecule has 1 saturated heterocycles. The molecule has 1 N–H and O–H groups in total. The van der Waals surface area contributed by atoms with Crippen LogP contribution < -0.4 is 5.32 Å². The van der Waals surface area contributed by atoms with E-state index in [0.29, 0.717) is 30.1 Å². The van der Waals surface area contributed by atoms with Crippen LogP contribution in [0.5, 0.6) is 0 Å². The standard InChI is InChI=1S/C26H25ClN2O2/c27-23-12-6-19(7-13-23)18-25(30)28-24-14-16-29(17-15-24)26(31)22-10-8-21(9-11-22)20-4-2-1-3-5-20/h1-13,24H,14-18H2,(H,28,30). The summed E-state index contributed by atoms with van der Waals surface area (Å²) >= 11 is 5.89. The number of hydrogen-bond donors (Lipinski definition) is 1. The van der Waals surface area contributed by atoms with Gasteiger partial charge in [0.15, 0.2) is 0 Å². The molecule has 4 nitrogen and oxygen atoms in total. The van der Waals surface area contributed by atoms with Crippen LogP contribution in [-0.2, 0) is 11.2 Å². The second-order valence-corrected chi connectivity index (χ2v) is 8.32. The predicted octanol–water partition coefficient (Wildman–Crippen LogP) is 4.97. The van der Waals surface area contributed by atoms with Crippen LogP contribution in [0.1, 0.15) is 28.8 Å². The Morgan fingerprint density at radius 2 is 1.45 bits per heavy atom. The molecular formula is C26H25ClN2O2. The fourth-order valence-electron chi connectivity index (χ4n) is 3.91. The average molecular weight is 433 g/mol. The minimum absolute atomic E-state index is 0.00333.